The minimum Gasteiger partial charge on any atom is -0.430 e. The van der Waals surface area contributed by atoms with Gasteiger partial charge in [-0.3, -0.25) is 4.98 Å². The highest BCUT2D eigenvalue weighted by Gasteiger charge is 2.14. The summed E-state index contributed by atoms with van der Waals surface area (Å²) in [6.45, 7) is 0. The Balaban J connectivity index is 1.86. The average Bonchev–Trinajstić information content (AvgIpc) is 2.84. The third kappa shape index (κ3) is 2.73. The zero-order chi connectivity index (χ0) is 14.1. The summed E-state index contributed by atoms with van der Waals surface area (Å²) < 4.78 is 18.6. The van der Waals surface area contributed by atoms with Crippen LogP contribution in [0, 0.1) is 0 Å². The first kappa shape index (κ1) is 13.3. The number of hydrogen-bond donors (Lipinski definition) is 1. The molecule has 102 valence electrons. The van der Waals surface area contributed by atoms with Crippen molar-refractivity contribution in [2.45, 2.75) is 11.0 Å². The van der Waals surface area contributed by atoms with Crippen LogP contribution in [0.5, 0.6) is 0 Å². The maximum absolute atomic E-state index is 12.2. The normalized spacial score (nSPS) is 12.7. The summed E-state index contributed by atoms with van der Waals surface area (Å²) in [7, 11) is -1.38. The molecule has 0 radical (unpaired) electrons. The number of pyridine rings is 1. The van der Waals surface area contributed by atoms with Gasteiger partial charge in [-0.25, -0.2) is 9.19 Å². The summed E-state index contributed by atoms with van der Waals surface area (Å²) in [5.74, 6) is 0.260. The number of nitrogens with two attached hydrogens (primary N) is 1. The van der Waals surface area contributed by atoms with Crippen molar-refractivity contribution in [3.63, 3.8) is 0 Å². The largest absolute Gasteiger partial charge is 0.430 e. The van der Waals surface area contributed by atoms with Gasteiger partial charge in [0.05, 0.1) is 11.4 Å². The van der Waals surface area contributed by atoms with E-state index >= 15 is 0 Å². The van der Waals surface area contributed by atoms with E-state index in [9.17, 15) is 4.21 Å². The van der Waals surface area contributed by atoms with Crippen molar-refractivity contribution < 1.29 is 8.63 Å². The number of hydrogen-bond acceptors (Lipinski definition) is 5. The first-order valence-corrected chi connectivity index (χ1v) is 7.88. The van der Waals surface area contributed by atoms with Crippen molar-refractivity contribution in [2.75, 3.05) is 5.73 Å². The lowest BCUT2D eigenvalue weighted by Gasteiger charge is -1.98. The summed E-state index contributed by atoms with van der Waals surface area (Å²) in [5.41, 5.74) is 8.15. The first-order chi connectivity index (χ1) is 9.61. The molecule has 2 N–H and O–H groups in total. The molecule has 0 spiro atoms. The van der Waals surface area contributed by atoms with Crippen LogP contribution < -0.4 is 5.73 Å². The number of nitrogen functional groups attached to an aromatic ring is 1. The fraction of sp³-hybridized carbons (Fsp3) is 0.0769. The number of benzene rings is 1. The Hall–Kier alpha value is -1.73. The van der Waals surface area contributed by atoms with Crippen LogP contribution in [-0.2, 0) is 16.6 Å². The van der Waals surface area contributed by atoms with Gasteiger partial charge in [-0.2, -0.15) is 0 Å². The summed E-state index contributed by atoms with van der Waals surface area (Å²) in [6, 6.07) is 8.80. The van der Waals surface area contributed by atoms with E-state index < -0.39 is 10.8 Å². The van der Waals surface area contributed by atoms with Gasteiger partial charge in [0.2, 0.25) is 0 Å². The van der Waals surface area contributed by atoms with Gasteiger partial charge < -0.3 is 10.2 Å². The van der Waals surface area contributed by atoms with Gasteiger partial charge >= 0.3 is 0 Å². The molecular formula is C13H10BrN3O2S. The summed E-state index contributed by atoms with van der Waals surface area (Å²) in [5, 5.41) is 0.190. The topological polar surface area (TPSA) is 82.0 Å². The van der Waals surface area contributed by atoms with Gasteiger partial charge in [0.15, 0.2) is 5.58 Å². The molecule has 0 aliphatic rings. The standard InChI is InChI=1S/C13H10BrN3O2S/c14-8-1-3-10(16-6-8)7-20(18)13-17-11-4-2-9(15)5-12(11)19-13/h1-6H,7,15H2. The molecule has 7 heteroatoms. The van der Waals surface area contributed by atoms with Gasteiger partial charge in [-0.05, 0) is 40.2 Å². The average molecular weight is 352 g/mol. The second-order valence-corrected chi connectivity index (χ2v) is 6.41. The van der Waals surface area contributed by atoms with Crippen molar-refractivity contribution in [3.8, 4) is 0 Å². The Morgan fingerprint density at radius 3 is 2.90 bits per heavy atom. The Bertz CT molecular complexity index is 786. The van der Waals surface area contributed by atoms with E-state index in [4.69, 9.17) is 10.2 Å². The van der Waals surface area contributed by atoms with Gasteiger partial charge in [-0.1, -0.05) is 0 Å². The van der Waals surface area contributed by atoms with E-state index in [2.05, 4.69) is 25.9 Å². The molecule has 1 atom stereocenters. The Morgan fingerprint density at radius 2 is 2.15 bits per heavy atom. The molecule has 3 aromatic rings. The molecule has 0 saturated carbocycles. The number of halogens is 1. The molecule has 5 nitrogen and oxygen atoms in total. The van der Waals surface area contributed by atoms with Crippen molar-refractivity contribution in [2.24, 2.45) is 0 Å². The van der Waals surface area contributed by atoms with Gasteiger partial charge in [0.1, 0.15) is 16.3 Å². The molecule has 0 aliphatic carbocycles. The van der Waals surface area contributed by atoms with Crippen molar-refractivity contribution in [1.82, 2.24) is 9.97 Å². The summed E-state index contributed by atoms with van der Waals surface area (Å²) in [4.78, 5) is 8.39. The van der Waals surface area contributed by atoms with Crippen LogP contribution in [0.25, 0.3) is 11.1 Å². The number of anilines is 1. The molecule has 0 bridgehead atoms. The Kier molecular flexibility index (Phi) is 3.54. The van der Waals surface area contributed by atoms with E-state index in [0.29, 0.717) is 22.5 Å². The third-order valence-corrected chi connectivity index (χ3v) is 4.25. The highest BCUT2D eigenvalue weighted by molar-refractivity contribution is 9.10. The molecule has 3 rings (SSSR count). The number of aromatic nitrogens is 2. The molecular weight excluding hydrogens is 342 g/mol. The molecule has 2 aromatic heterocycles. The van der Waals surface area contributed by atoms with Crippen LogP contribution in [0.1, 0.15) is 5.69 Å². The zero-order valence-electron chi connectivity index (χ0n) is 10.2. The predicted molar refractivity (Wildman–Crippen MR) is 80.5 cm³/mol. The smallest absolute Gasteiger partial charge is 0.288 e. The van der Waals surface area contributed by atoms with Crippen LogP contribution >= 0.6 is 15.9 Å². The van der Waals surface area contributed by atoms with Crippen molar-refractivity contribution in [1.29, 1.82) is 0 Å². The molecule has 0 saturated heterocycles. The molecule has 1 aromatic carbocycles. The lowest BCUT2D eigenvalue weighted by Crippen LogP contribution is -1.98. The number of fused-ring (bicyclic) bond motifs is 1. The van der Waals surface area contributed by atoms with Crippen LogP contribution in [0.4, 0.5) is 5.69 Å². The van der Waals surface area contributed by atoms with Crippen LogP contribution in [-0.4, -0.2) is 14.2 Å². The predicted octanol–water partition coefficient (Wildman–Crippen LogP) is 2.88. The summed E-state index contributed by atoms with van der Waals surface area (Å²) in [6.07, 6.45) is 1.67. The number of nitrogens with zero attached hydrogens (tertiary/aromatic N) is 2. The van der Waals surface area contributed by atoms with Crippen LogP contribution in [0.15, 0.2) is 50.6 Å². The fourth-order valence-electron chi connectivity index (χ4n) is 1.71. The Labute approximate surface area is 125 Å². The van der Waals surface area contributed by atoms with E-state index in [1.54, 1.807) is 24.4 Å². The number of rotatable bonds is 3. The van der Waals surface area contributed by atoms with Gasteiger partial charge in [0.25, 0.3) is 5.22 Å². The minimum absolute atomic E-state index is 0.190. The number of oxazole rings is 1. The maximum atomic E-state index is 12.2. The maximum Gasteiger partial charge on any atom is 0.288 e. The Morgan fingerprint density at radius 1 is 1.30 bits per heavy atom. The van der Waals surface area contributed by atoms with E-state index in [1.165, 1.54) is 0 Å². The SMILES string of the molecule is Nc1ccc2nc(S(=O)Cc3ccc(Br)cn3)oc2c1. The molecule has 1 unspecified atom stereocenters. The monoisotopic (exact) mass is 351 g/mol. The fourth-order valence-corrected chi connectivity index (χ4v) is 2.89. The van der Waals surface area contributed by atoms with E-state index in [1.807, 2.05) is 12.1 Å². The van der Waals surface area contributed by atoms with Gasteiger partial charge in [-0.15, -0.1) is 0 Å². The second kappa shape index (κ2) is 5.34. The van der Waals surface area contributed by atoms with Crippen LogP contribution in [0.3, 0.4) is 0 Å². The molecule has 0 fully saturated rings. The van der Waals surface area contributed by atoms with E-state index in [-0.39, 0.29) is 11.0 Å². The third-order valence-electron chi connectivity index (χ3n) is 2.66. The molecule has 0 amide bonds. The highest BCUT2D eigenvalue weighted by Crippen LogP contribution is 2.21. The molecule has 2 heterocycles. The highest BCUT2D eigenvalue weighted by atomic mass is 79.9. The molecule has 0 aliphatic heterocycles. The lowest BCUT2D eigenvalue weighted by molar-refractivity contribution is 0.477. The lowest BCUT2D eigenvalue weighted by atomic mass is 10.3. The van der Waals surface area contributed by atoms with Crippen molar-refractivity contribution in [3.05, 3.63) is 46.7 Å². The quantitative estimate of drug-likeness (QED) is 0.733. The molecule has 20 heavy (non-hydrogen) atoms. The second-order valence-electron chi connectivity index (χ2n) is 4.16. The van der Waals surface area contributed by atoms with Crippen LogP contribution in [0.2, 0.25) is 0 Å². The van der Waals surface area contributed by atoms with Gasteiger partial charge in [0, 0.05) is 22.4 Å². The first-order valence-electron chi connectivity index (χ1n) is 5.77. The van der Waals surface area contributed by atoms with Crippen molar-refractivity contribution >= 4 is 43.5 Å². The van der Waals surface area contributed by atoms with E-state index in [0.717, 1.165) is 4.47 Å². The minimum atomic E-state index is -1.38. The zero-order valence-corrected chi connectivity index (χ0v) is 12.6. The summed E-state index contributed by atoms with van der Waals surface area (Å²) >= 11 is 3.31.